The molecule has 4 aromatic rings. The second-order valence-electron chi connectivity index (χ2n) is 7.85. The first-order valence-corrected chi connectivity index (χ1v) is 12.5. The van der Waals surface area contributed by atoms with Crippen LogP contribution in [0.3, 0.4) is 0 Å². The molecule has 0 unspecified atom stereocenters. The lowest BCUT2D eigenvalue weighted by atomic mass is 10.1. The Balaban J connectivity index is 1.94. The minimum Gasteiger partial charge on any atom is -0.493 e. The Bertz CT molecular complexity index is 1470. The van der Waals surface area contributed by atoms with Crippen LogP contribution in [0.25, 0.3) is 22.2 Å². The van der Waals surface area contributed by atoms with Crippen molar-refractivity contribution < 1.29 is 17.9 Å². The molecule has 0 spiro atoms. The van der Waals surface area contributed by atoms with Crippen LogP contribution in [0, 0.1) is 0 Å². The molecule has 33 heavy (non-hydrogen) atoms. The van der Waals surface area contributed by atoms with Crippen LogP contribution in [0.1, 0.15) is 18.5 Å². The second kappa shape index (κ2) is 8.78. The molecule has 0 amide bonds. The minimum absolute atomic E-state index is 0.255. The number of fused-ring (bicyclic) bond motifs is 1. The predicted octanol–water partition coefficient (Wildman–Crippen LogP) is 2.77. The molecule has 0 aliphatic carbocycles. The van der Waals surface area contributed by atoms with Crippen LogP contribution in [-0.4, -0.2) is 53.5 Å². The maximum absolute atomic E-state index is 13.2. The van der Waals surface area contributed by atoms with Crippen LogP contribution in [0.15, 0.2) is 53.6 Å². The van der Waals surface area contributed by atoms with Gasteiger partial charge in [-0.3, -0.25) is 9.25 Å². The summed E-state index contributed by atoms with van der Waals surface area (Å²) in [7, 11) is -0.0856. The highest BCUT2D eigenvalue weighted by atomic mass is 32.2. The number of hydrogen-bond donors (Lipinski definition) is 1. The van der Waals surface area contributed by atoms with Crippen LogP contribution in [0.5, 0.6) is 11.5 Å². The predicted molar refractivity (Wildman–Crippen MR) is 127 cm³/mol. The van der Waals surface area contributed by atoms with Gasteiger partial charge in [0.05, 0.1) is 42.7 Å². The fraction of sp³-hybridized carbons (Fsp3) is 0.304. The maximum atomic E-state index is 13.2. The van der Waals surface area contributed by atoms with E-state index >= 15 is 0 Å². The van der Waals surface area contributed by atoms with Crippen LogP contribution in [0.4, 0.5) is 0 Å². The maximum Gasteiger partial charge on any atom is 0.327 e. The minimum atomic E-state index is -3.44. The third kappa shape index (κ3) is 4.51. The van der Waals surface area contributed by atoms with Gasteiger partial charge in [0, 0.05) is 30.6 Å². The normalized spacial score (nSPS) is 12.7. The van der Waals surface area contributed by atoms with Crippen molar-refractivity contribution in [1.82, 2.24) is 19.3 Å². The fourth-order valence-corrected chi connectivity index (χ4v) is 4.95. The molecule has 9 nitrogen and oxygen atoms in total. The van der Waals surface area contributed by atoms with Gasteiger partial charge >= 0.3 is 5.69 Å². The molecule has 0 fully saturated rings. The number of hydrogen-bond acceptors (Lipinski definition) is 6. The summed E-state index contributed by atoms with van der Waals surface area (Å²) in [5.74, 6) is 0.762. The van der Waals surface area contributed by atoms with E-state index in [1.807, 2.05) is 32.3 Å². The molecule has 0 aliphatic rings. The van der Waals surface area contributed by atoms with Crippen molar-refractivity contribution in [2.45, 2.75) is 13.0 Å². The van der Waals surface area contributed by atoms with Crippen molar-refractivity contribution in [2.75, 3.05) is 25.7 Å². The summed E-state index contributed by atoms with van der Waals surface area (Å²) >= 11 is 0. The van der Waals surface area contributed by atoms with E-state index in [9.17, 15) is 13.2 Å². The molecular weight excluding hydrogens is 444 g/mol. The molecule has 2 aromatic carbocycles. The molecule has 2 heterocycles. The van der Waals surface area contributed by atoms with Gasteiger partial charge in [-0.2, -0.15) is 5.10 Å². The van der Waals surface area contributed by atoms with E-state index in [-0.39, 0.29) is 5.75 Å². The number of aromatic amines is 1. The quantitative estimate of drug-likeness (QED) is 0.424. The molecular formula is C23H26N4O5S. The molecule has 10 heteroatoms. The first kappa shape index (κ1) is 22.7. The Morgan fingerprint density at radius 3 is 2.61 bits per heavy atom. The monoisotopic (exact) mass is 470 g/mol. The van der Waals surface area contributed by atoms with Crippen molar-refractivity contribution in [2.24, 2.45) is 7.05 Å². The number of aromatic nitrogens is 4. The van der Waals surface area contributed by atoms with Gasteiger partial charge in [0.1, 0.15) is 9.84 Å². The van der Waals surface area contributed by atoms with Gasteiger partial charge in [-0.15, -0.1) is 0 Å². The summed E-state index contributed by atoms with van der Waals surface area (Å²) in [6.07, 6.45) is 4.74. The average Bonchev–Trinajstić information content (AvgIpc) is 3.34. The van der Waals surface area contributed by atoms with Gasteiger partial charge in [0.25, 0.3) is 0 Å². The van der Waals surface area contributed by atoms with Crippen LogP contribution in [-0.2, 0) is 16.9 Å². The summed E-state index contributed by atoms with van der Waals surface area (Å²) in [6.45, 7) is 2.27. The van der Waals surface area contributed by atoms with Crippen molar-refractivity contribution in [3.05, 3.63) is 64.8 Å². The number of nitrogens with zero attached hydrogens (tertiary/aromatic N) is 3. The van der Waals surface area contributed by atoms with Crippen molar-refractivity contribution in [1.29, 1.82) is 0 Å². The standard InChI is InChI=1S/C23H26N4O5S/c1-5-32-21-11-15(9-10-20(21)31-3)19(14-33(4,29)30)27-18-8-6-7-17(22(18)25-23(27)28)16-12-24-26(2)13-16/h6-13,19H,5,14H2,1-4H3,(H,25,28)/t19-/m1/s1. The Hall–Kier alpha value is -3.53. The van der Waals surface area contributed by atoms with Gasteiger partial charge in [-0.05, 0) is 30.7 Å². The van der Waals surface area contributed by atoms with E-state index < -0.39 is 21.6 Å². The molecule has 0 saturated heterocycles. The van der Waals surface area contributed by atoms with E-state index in [1.54, 1.807) is 35.1 Å². The zero-order valence-corrected chi connectivity index (χ0v) is 19.7. The number of H-pyrrole nitrogens is 1. The topological polar surface area (TPSA) is 108 Å². The molecule has 0 aliphatic heterocycles. The zero-order chi connectivity index (χ0) is 23.8. The van der Waals surface area contributed by atoms with E-state index in [0.717, 1.165) is 17.4 Å². The molecule has 174 valence electrons. The molecule has 1 atom stereocenters. The van der Waals surface area contributed by atoms with E-state index in [0.29, 0.717) is 34.7 Å². The number of nitrogens with one attached hydrogen (secondary N) is 1. The van der Waals surface area contributed by atoms with Crippen molar-refractivity contribution in [3.63, 3.8) is 0 Å². The number of para-hydroxylation sites is 1. The summed E-state index contributed by atoms with van der Waals surface area (Å²) in [5, 5.41) is 4.22. The Morgan fingerprint density at radius 1 is 1.18 bits per heavy atom. The van der Waals surface area contributed by atoms with Gasteiger partial charge in [-0.25, -0.2) is 13.2 Å². The highest BCUT2D eigenvalue weighted by Gasteiger charge is 2.25. The first-order valence-electron chi connectivity index (χ1n) is 10.4. The number of sulfone groups is 1. The van der Waals surface area contributed by atoms with Crippen molar-refractivity contribution >= 4 is 20.9 Å². The average molecular weight is 471 g/mol. The number of methoxy groups -OCH3 is 1. The highest BCUT2D eigenvalue weighted by Crippen LogP contribution is 2.34. The van der Waals surface area contributed by atoms with Crippen LogP contribution < -0.4 is 15.2 Å². The molecule has 2 aromatic heterocycles. The van der Waals surface area contributed by atoms with Gasteiger partial charge in [0.15, 0.2) is 11.5 Å². The molecule has 0 bridgehead atoms. The van der Waals surface area contributed by atoms with Gasteiger partial charge < -0.3 is 14.5 Å². The number of aryl methyl sites for hydroxylation is 1. The number of rotatable bonds is 8. The van der Waals surface area contributed by atoms with Crippen molar-refractivity contribution in [3.8, 4) is 22.6 Å². The lowest BCUT2D eigenvalue weighted by Crippen LogP contribution is -2.28. The zero-order valence-electron chi connectivity index (χ0n) is 18.9. The Morgan fingerprint density at radius 2 is 1.97 bits per heavy atom. The van der Waals surface area contributed by atoms with E-state index in [2.05, 4.69) is 10.1 Å². The molecule has 4 rings (SSSR count). The summed E-state index contributed by atoms with van der Waals surface area (Å²) in [6, 6.07) is 9.97. The van der Waals surface area contributed by atoms with Crippen LogP contribution in [0.2, 0.25) is 0 Å². The van der Waals surface area contributed by atoms with E-state index in [4.69, 9.17) is 9.47 Å². The molecule has 0 saturated carbocycles. The third-order valence-corrected chi connectivity index (χ3v) is 6.33. The SMILES string of the molecule is CCOc1cc([C@@H](CS(C)(=O)=O)n2c(=O)[nH]c3c(-c4cnn(C)c4)cccc32)ccc1OC. The van der Waals surface area contributed by atoms with Crippen LogP contribution >= 0.6 is 0 Å². The Kier molecular flexibility index (Phi) is 6.03. The smallest absolute Gasteiger partial charge is 0.327 e. The summed E-state index contributed by atoms with van der Waals surface area (Å²) < 4.78 is 39.0. The number of benzene rings is 2. The van der Waals surface area contributed by atoms with E-state index in [1.165, 1.54) is 11.7 Å². The number of imidazole rings is 1. The second-order valence-corrected chi connectivity index (χ2v) is 10.0. The third-order valence-electron chi connectivity index (χ3n) is 5.41. The number of ether oxygens (including phenoxy) is 2. The molecule has 1 N–H and O–H groups in total. The lowest BCUT2D eigenvalue weighted by molar-refractivity contribution is 0.310. The fourth-order valence-electron chi connectivity index (χ4n) is 4.03. The van der Waals surface area contributed by atoms with Gasteiger partial charge in [0.2, 0.25) is 0 Å². The first-order chi connectivity index (χ1) is 15.7. The lowest BCUT2D eigenvalue weighted by Gasteiger charge is -2.20. The largest absolute Gasteiger partial charge is 0.493 e. The summed E-state index contributed by atoms with van der Waals surface area (Å²) in [4.78, 5) is 16.1. The Labute approximate surface area is 191 Å². The highest BCUT2D eigenvalue weighted by molar-refractivity contribution is 7.90. The summed E-state index contributed by atoms with van der Waals surface area (Å²) in [5.41, 5.74) is 3.10. The van der Waals surface area contributed by atoms with Gasteiger partial charge in [-0.1, -0.05) is 18.2 Å². The molecule has 0 radical (unpaired) electrons.